The SMILES string of the molecule is COc1cccc(C(C#N)C(=O)CC2CCCCC2)c1. The number of carbonyl (C=O) groups is 1. The molecule has 1 aliphatic rings. The molecule has 2 rings (SSSR count). The van der Waals surface area contributed by atoms with Crippen molar-refractivity contribution in [3.8, 4) is 11.8 Å². The first-order valence-electron chi connectivity index (χ1n) is 7.31. The van der Waals surface area contributed by atoms with Crippen LogP contribution in [0.5, 0.6) is 5.75 Å². The van der Waals surface area contributed by atoms with Crippen molar-refractivity contribution in [1.29, 1.82) is 5.26 Å². The van der Waals surface area contributed by atoms with Gasteiger partial charge in [0.15, 0.2) is 5.78 Å². The maximum Gasteiger partial charge on any atom is 0.154 e. The van der Waals surface area contributed by atoms with Gasteiger partial charge in [-0.25, -0.2) is 0 Å². The van der Waals surface area contributed by atoms with Crippen LogP contribution in [0.3, 0.4) is 0 Å². The van der Waals surface area contributed by atoms with E-state index < -0.39 is 5.92 Å². The van der Waals surface area contributed by atoms with Gasteiger partial charge in [0.1, 0.15) is 11.7 Å². The molecule has 1 atom stereocenters. The molecule has 3 nitrogen and oxygen atoms in total. The molecule has 0 saturated heterocycles. The largest absolute Gasteiger partial charge is 0.497 e. The topological polar surface area (TPSA) is 50.1 Å². The Kier molecular flexibility index (Phi) is 5.17. The number of ketones is 1. The zero-order valence-electron chi connectivity index (χ0n) is 12.0. The van der Waals surface area contributed by atoms with Crippen molar-refractivity contribution in [2.45, 2.75) is 44.4 Å². The molecule has 20 heavy (non-hydrogen) atoms. The summed E-state index contributed by atoms with van der Waals surface area (Å²) in [6.45, 7) is 0. The van der Waals surface area contributed by atoms with Gasteiger partial charge in [0.25, 0.3) is 0 Å². The number of benzene rings is 1. The Labute approximate surface area is 120 Å². The first-order valence-corrected chi connectivity index (χ1v) is 7.31. The number of carbonyl (C=O) groups excluding carboxylic acids is 1. The van der Waals surface area contributed by atoms with Crippen LogP contribution in [0, 0.1) is 17.2 Å². The first-order chi connectivity index (χ1) is 9.74. The Morgan fingerprint density at radius 2 is 2.15 bits per heavy atom. The molecule has 0 bridgehead atoms. The van der Waals surface area contributed by atoms with Crippen molar-refractivity contribution in [2.75, 3.05) is 7.11 Å². The average Bonchev–Trinajstić information content (AvgIpc) is 2.49. The average molecular weight is 271 g/mol. The summed E-state index contributed by atoms with van der Waals surface area (Å²) in [6, 6.07) is 9.42. The number of Topliss-reactive ketones (excluding diaryl/α,β-unsaturated/α-hetero) is 1. The highest BCUT2D eigenvalue weighted by molar-refractivity contribution is 5.88. The molecular formula is C17H21NO2. The summed E-state index contributed by atoms with van der Waals surface area (Å²) < 4.78 is 5.16. The lowest BCUT2D eigenvalue weighted by molar-refractivity contribution is -0.120. The molecule has 1 fully saturated rings. The van der Waals surface area contributed by atoms with Gasteiger partial charge >= 0.3 is 0 Å². The Bertz CT molecular complexity index is 498. The lowest BCUT2D eigenvalue weighted by Gasteiger charge is -2.21. The zero-order chi connectivity index (χ0) is 14.4. The molecule has 0 aromatic heterocycles. The zero-order valence-corrected chi connectivity index (χ0v) is 12.0. The van der Waals surface area contributed by atoms with Crippen LogP contribution in [0.25, 0.3) is 0 Å². The van der Waals surface area contributed by atoms with E-state index in [1.54, 1.807) is 13.2 Å². The van der Waals surface area contributed by atoms with Gasteiger partial charge in [0.05, 0.1) is 13.2 Å². The standard InChI is InChI=1S/C17H21NO2/c1-20-15-9-5-8-14(11-15)16(12-18)17(19)10-13-6-3-2-4-7-13/h5,8-9,11,13,16H,2-4,6-7,10H2,1H3. The first kappa shape index (κ1) is 14.6. The molecule has 0 amide bonds. The van der Waals surface area contributed by atoms with Crippen LogP contribution in [-0.4, -0.2) is 12.9 Å². The van der Waals surface area contributed by atoms with E-state index in [0.717, 1.165) is 18.4 Å². The van der Waals surface area contributed by atoms with Gasteiger partial charge in [-0.05, 0) is 23.6 Å². The molecule has 1 unspecified atom stereocenters. The van der Waals surface area contributed by atoms with E-state index in [1.165, 1.54) is 19.3 Å². The van der Waals surface area contributed by atoms with Gasteiger partial charge in [-0.3, -0.25) is 4.79 Å². The molecule has 106 valence electrons. The number of methoxy groups -OCH3 is 1. The van der Waals surface area contributed by atoms with E-state index in [1.807, 2.05) is 18.2 Å². The summed E-state index contributed by atoms with van der Waals surface area (Å²) in [7, 11) is 1.59. The molecule has 0 spiro atoms. The summed E-state index contributed by atoms with van der Waals surface area (Å²) in [5, 5.41) is 9.33. The number of nitriles is 1. The molecule has 0 radical (unpaired) electrons. The third-order valence-corrected chi connectivity index (χ3v) is 4.09. The smallest absolute Gasteiger partial charge is 0.154 e. The maximum atomic E-state index is 12.4. The van der Waals surface area contributed by atoms with E-state index in [9.17, 15) is 10.1 Å². The van der Waals surface area contributed by atoms with E-state index >= 15 is 0 Å². The minimum absolute atomic E-state index is 0.0488. The molecule has 1 aromatic rings. The minimum atomic E-state index is -0.660. The third-order valence-electron chi connectivity index (χ3n) is 4.09. The van der Waals surface area contributed by atoms with Crippen LogP contribution in [0.15, 0.2) is 24.3 Å². The summed E-state index contributed by atoms with van der Waals surface area (Å²) in [4.78, 5) is 12.4. The van der Waals surface area contributed by atoms with E-state index in [4.69, 9.17) is 4.74 Å². The molecule has 1 aromatic carbocycles. The Morgan fingerprint density at radius 1 is 1.40 bits per heavy atom. The fraction of sp³-hybridized carbons (Fsp3) is 0.529. The van der Waals surface area contributed by atoms with Crippen molar-refractivity contribution in [2.24, 2.45) is 5.92 Å². The number of nitrogens with zero attached hydrogens (tertiary/aromatic N) is 1. The van der Waals surface area contributed by atoms with E-state index in [-0.39, 0.29) is 5.78 Å². The second kappa shape index (κ2) is 7.09. The van der Waals surface area contributed by atoms with Crippen molar-refractivity contribution in [3.05, 3.63) is 29.8 Å². The van der Waals surface area contributed by atoms with Gasteiger partial charge in [-0.15, -0.1) is 0 Å². The Balaban J connectivity index is 2.06. The molecule has 1 aliphatic carbocycles. The highest BCUT2D eigenvalue weighted by Crippen LogP contribution is 2.30. The van der Waals surface area contributed by atoms with Gasteiger partial charge in [0.2, 0.25) is 0 Å². The maximum absolute atomic E-state index is 12.4. The second-order valence-electron chi connectivity index (χ2n) is 5.51. The highest BCUT2D eigenvalue weighted by Gasteiger charge is 2.24. The van der Waals surface area contributed by atoms with Crippen LogP contribution in [-0.2, 0) is 4.79 Å². The molecule has 3 heteroatoms. The highest BCUT2D eigenvalue weighted by atomic mass is 16.5. The fourth-order valence-corrected chi connectivity index (χ4v) is 2.95. The van der Waals surface area contributed by atoms with Gasteiger partial charge in [0, 0.05) is 6.42 Å². The second-order valence-corrected chi connectivity index (χ2v) is 5.51. The van der Waals surface area contributed by atoms with Crippen molar-refractivity contribution in [1.82, 2.24) is 0 Å². The van der Waals surface area contributed by atoms with Crippen molar-refractivity contribution >= 4 is 5.78 Å². The number of rotatable bonds is 5. The van der Waals surface area contributed by atoms with E-state index in [2.05, 4.69) is 6.07 Å². The summed E-state index contributed by atoms with van der Waals surface area (Å²) in [5.74, 6) is 0.547. The summed E-state index contributed by atoms with van der Waals surface area (Å²) >= 11 is 0. The number of hydrogen-bond acceptors (Lipinski definition) is 3. The molecule has 0 N–H and O–H groups in total. The molecule has 0 aliphatic heterocycles. The Morgan fingerprint density at radius 3 is 2.80 bits per heavy atom. The van der Waals surface area contributed by atoms with Crippen LogP contribution in [0.2, 0.25) is 0 Å². The molecule has 0 heterocycles. The fourth-order valence-electron chi connectivity index (χ4n) is 2.95. The Hall–Kier alpha value is -1.82. The normalized spacial score (nSPS) is 17.2. The lowest BCUT2D eigenvalue weighted by Crippen LogP contribution is -2.17. The summed E-state index contributed by atoms with van der Waals surface area (Å²) in [6.07, 6.45) is 6.50. The molecular weight excluding hydrogens is 250 g/mol. The van der Waals surface area contributed by atoms with Crippen LogP contribution in [0.4, 0.5) is 0 Å². The van der Waals surface area contributed by atoms with Gasteiger partial charge < -0.3 is 4.74 Å². The van der Waals surface area contributed by atoms with Crippen molar-refractivity contribution < 1.29 is 9.53 Å². The quantitative estimate of drug-likeness (QED) is 0.817. The van der Waals surface area contributed by atoms with Gasteiger partial charge in [-0.1, -0.05) is 44.2 Å². The van der Waals surface area contributed by atoms with Crippen LogP contribution < -0.4 is 4.74 Å². The van der Waals surface area contributed by atoms with Crippen LogP contribution in [0.1, 0.15) is 50.0 Å². The minimum Gasteiger partial charge on any atom is -0.497 e. The number of hydrogen-bond donors (Lipinski definition) is 0. The summed E-state index contributed by atoms with van der Waals surface area (Å²) in [5.41, 5.74) is 0.743. The lowest BCUT2D eigenvalue weighted by atomic mass is 9.82. The van der Waals surface area contributed by atoms with Gasteiger partial charge in [-0.2, -0.15) is 5.26 Å². The predicted molar refractivity (Wildman–Crippen MR) is 77.5 cm³/mol. The number of ether oxygens (including phenoxy) is 1. The third kappa shape index (κ3) is 3.60. The van der Waals surface area contributed by atoms with E-state index in [0.29, 0.717) is 18.1 Å². The predicted octanol–water partition coefficient (Wildman–Crippen LogP) is 3.84. The molecule has 1 saturated carbocycles. The van der Waals surface area contributed by atoms with Crippen LogP contribution >= 0.6 is 0 Å². The van der Waals surface area contributed by atoms with Crippen molar-refractivity contribution in [3.63, 3.8) is 0 Å². The monoisotopic (exact) mass is 271 g/mol.